The predicted molar refractivity (Wildman–Crippen MR) is 132 cm³/mol. The first kappa shape index (κ1) is 22.4. The van der Waals surface area contributed by atoms with Crippen molar-refractivity contribution in [1.82, 2.24) is 10.2 Å². The van der Waals surface area contributed by atoms with E-state index in [1.807, 2.05) is 42.5 Å². The van der Waals surface area contributed by atoms with E-state index >= 15 is 0 Å². The van der Waals surface area contributed by atoms with E-state index in [1.165, 1.54) is 18.4 Å². The number of allylic oxidation sites excluding steroid dienone is 1. The summed E-state index contributed by atoms with van der Waals surface area (Å²) in [5.41, 5.74) is 3.94. The summed E-state index contributed by atoms with van der Waals surface area (Å²) in [6, 6.07) is 14.3. The maximum absolute atomic E-state index is 13.6. The highest BCUT2D eigenvalue weighted by Gasteiger charge is 2.42. The van der Waals surface area contributed by atoms with Crippen molar-refractivity contribution < 1.29 is 14.4 Å². The van der Waals surface area contributed by atoms with Crippen molar-refractivity contribution in [2.75, 3.05) is 18.0 Å². The summed E-state index contributed by atoms with van der Waals surface area (Å²) in [6.45, 7) is 1.46. The van der Waals surface area contributed by atoms with Crippen LogP contribution < -0.4 is 10.2 Å². The Balaban J connectivity index is 1.38. The molecule has 1 N–H and O–H groups in total. The maximum atomic E-state index is 13.6. The average molecular weight is 458 g/mol. The highest BCUT2D eigenvalue weighted by molar-refractivity contribution is 6.11. The summed E-state index contributed by atoms with van der Waals surface area (Å²) in [5.74, 6) is -0.284. The van der Waals surface area contributed by atoms with Crippen LogP contribution in [0, 0.1) is 0 Å². The molecule has 6 nitrogen and oxygen atoms in total. The Hall–Kier alpha value is -3.41. The molecule has 6 heteroatoms. The first-order valence-electron chi connectivity index (χ1n) is 12.4. The molecule has 2 aliphatic heterocycles. The highest BCUT2D eigenvalue weighted by Crippen LogP contribution is 2.33. The second-order valence-corrected chi connectivity index (χ2v) is 9.37. The fraction of sp³-hybridized carbons (Fsp3) is 0.393. The lowest BCUT2D eigenvalue weighted by Crippen LogP contribution is -2.44. The zero-order valence-corrected chi connectivity index (χ0v) is 19.5. The highest BCUT2D eigenvalue weighted by atomic mass is 16.2. The summed E-state index contributed by atoms with van der Waals surface area (Å²) in [7, 11) is 0. The predicted octanol–water partition coefficient (Wildman–Crippen LogP) is 4.46. The van der Waals surface area contributed by atoms with Crippen LogP contribution in [0.4, 0.5) is 5.69 Å². The second-order valence-electron chi connectivity index (χ2n) is 9.37. The molecule has 2 aromatic carbocycles. The third-order valence-electron chi connectivity index (χ3n) is 7.20. The Morgan fingerprint density at radius 3 is 2.68 bits per heavy atom. The number of carbonyl (C=O) groups excluding carboxylic acids is 3. The zero-order chi connectivity index (χ0) is 23.5. The van der Waals surface area contributed by atoms with Crippen LogP contribution in [0.2, 0.25) is 0 Å². The first-order valence-corrected chi connectivity index (χ1v) is 12.4. The van der Waals surface area contributed by atoms with E-state index in [9.17, 15) is 14.4 Å². The molecule has 1 fully saturated rings. The lowest BCUT2D eigenvalue weighted by Gasteiger charge is -2.26. The minimum Gasteiger partial charge on any atom is -0.352 e. The van der Waals surface area contributed by atoms with Gasteiger partial charge in [-0.25, -0.2) is 0 Å². The molecule has 1 saturated heterocycles. The molecule has 0 aromatic heterocycles. The standard InChI is InChI=1S/C28H31N3O3/c32-26(29-17-16-20-9-2-1-3-10-20)22-12-5-4-11-21(22)19-31-24-14-7-6-13-23(24)27(33)30-18-8-15-25(30)28(31)34/h4-7,9,11-14,25H,1-3,8,10,15-19H2,(H,29,32)/t25-/m1/s1. The van der Waals surface area contributed by atoms with Gasteiger partial charge < -0.3 is 15.1 Å². The molecule has 0 spiro atoms. The number of nitrogens with one attached hydrogen (secondary N) is 1. The molecular formula is C28H31N3O3. The van der Waals surface area contributed by atoms with Crippen molar-refractivity contribution in [2.24, 2.45) is 0 Å². The SMILES string of the molecule is O=C(NCCC1=CCCCC1)c1ccccc1CN1C(=O)[C@H]2CCCN2C(=O)c2ccccc21. The second kappa shape index (κ2) is 9.84. The number of hydrogen-bond acceptors (Lipinski definition) is 3. The fourth-order valence-corrected chi connectivity index (χ4v) is 5.39. The third-order valence-corrected chi connectivity index (χ3v) is 7.20. The van der Waals surface area contributed by atoms with Crippen molar-refractivity contribution >= 4 is 23.4 Å². The summed E-state index contributed by atoms with van der Waals surface area (Å²) in [6.07, 6.45) is 9.44. The van der Waals surface area contributed by atoms with Crippen LogP contribution in [-0.4, -0.2) is 41.8 Å². The molecule has 5 rings (SSSR count). The first-order chi connectivity index (χ1) is 16.6. The quantitative estimate of drug-likeness (QED) is 0.651. The van der Waals surface area contributed by atoms with Gasteiger partial charge in [0.15, 0.2) is 0 Å². The van der Waals surface area contributed by atoms with Crippen LogP contribution in [0.25, 0.3) is 0 Å². The normalized spacial score (nSPS) is 19.9. The number of hydrogen-bond donors (Lipinski definition) is 1. The van der Waals surface area contributed by atoms with Gasteiger partial charge in [-0.05, 0) is 68.7 Å². The van der Waals surface area contributed by atoms with Crippen molar-refractivity contribution in [3.63, 3.8) is 0 Å². The van der Waals surface area contributed by atoms with Crippen LogP contribution in [0.1, 0.15) is 71.2 Å². The minimum atomic E-state index is -0.440. The molecule has 2 heterocycles. The van der Waals surface area contributed by atoms with E-state index in [2.05, 4.69) is 11.4 Å². The number of carbonyl (C=O) groups is 3. The molecule has 0 unspecified atom stereocenters. The van der Waals surface area contributed by atoms with E-state index in [1.54, 1.807) is 15.9 Å². The molecule has 176 valence electrons. The number of amides is 3. The van der Waals surface area contributed by atoms with Crippen LogP contribution in [0.3, 0.4) is 0 Å². The molecule has 3 aliphatic rings. The van der Waals surface area contributed by atoms with Gasteiger partial charge in [-0.15, -0.1) is 0 Å². The van der Waals surface area contributed by atoms with Gasteiger partial charge >= 0.3 is 0 Å². The van der Waals surface area contributed by atoms with Gasteiger partial charge in [0.1, 0.15) is 6.04 Å². The summed E-state index contributed by atoms with van der Waals surface area (Å²) >= 11 is 0. The van der Waals surface area contributed by atoms with Gasteiger partial charge in [0.25, 0.3) is 11.8 Å². The molecule has 3 amide bonds. The Labute approximate surface area is 200 Å². The van der Waals surface area contributed by atoms with Crippen LogP contribution in [0.5, 0.6) is 0 Å². The number of fused-ring (bicyclic) bond motifs is 2. The van der Waals surface area contributed by atoms with Crippen molar-refractivity contribution in [1.29, 1.82) is 0 Å². The minimum absolute atomic E-state index is 0.0738. The molecule has 34 heavy (non-hydrogen) atoms. The molecular weight excluding hydrogens is 426 g/mol. The number of nitrogens with zero attached hydrogens (tertiary/aromatic N) is 2. The van der Waals surface area contributed by atoms with Crippen LogP contribution in [0.15, 0.2) is 60.2 Å². The third kappa shape index (κ3) is 4.37. The number of para-hydroxylation sites is 1. The van der Waals surface area contributed by atoms with Crippen LogP contribution in [-0.2, 0) is 11.3 Å². The van der Waals surface area contributed by atoms with Crippen molar-refractivity contribution in [3.8, 4) is 0 Å². The lowest BCUT2D eigenvalue weighted by atomic mass is 9.97. The largest absolute Gasteiger partial charge is 0.352 e. The molecule has 0 saturated carbocycles. The fourth-order valence-electron chi connectivity index (χ4n) is 5.39. The van der Waals surface area contributed by atoms with Gasteiger partial charge in [-0.2, -0.15) is 0 Å². The average Bonchev–Trinajstić information content (AvgIpc) is 3.35. The number of benzene rings is 2. The van der Waals surface area contributed by atoms with Crippen molar-refractivity contribution in [3.05, 3.63) is 76.9 Å². The van der Waals surface area contributed by atoms with Gasteiger partial charge in [0.05, 0.1) is 17.8 Å². The molecule has 0 bridgehead atoms. The smallest absolute Gasteiger partial charge is 0.256 e. The molecule has 1 atom stereocenters. The number of anilines is 1. The van der Waals surface area contributed by atoms with E-state index < -0.39 is 6.04 Å². The van der Waals surface area contributed by atoms with E-state index in [0.717, 1.165) is 31.2 Å². The lowest BCUT2D eigenvalue weighted by molar-refractivity contribution is -0.122. The van der Waals surface area contributed by atoms with Gasteiger partial charge in [-0.1, -0.05) is 42.0 Å². The molecule has 1 aliphatic carbocycles. The summed E-state index contributed by atoms with van der Waals surface area (Å²) in [4.78, 5) is 43.2. The van der Waals surface area contributed by atoms with Gasteiger partial charge in [0, 0.05) is 18.7 Å². The Bertz CT molecular complexity index is 1140. The van der Waals surface area contributed by atoms with Gasteiger partial charge in [-0.3, -0.25) is 14.4 Å². The van der Waals surface area contributed by atoms with E-state index in [-0.39, 0.29) is 24.3 Å². The topological polar surface area (TPSA) is 69.7 Å². The summed E-state index contributed by atoms with van der Waals surface area (Å²) in [5, 5.41) is 3.07. The van der Waals surface area contributed by atoms with E-state index in [4.69, 9.17) is 0 Å². The van der Waals surface area contributed by atoms with Gasteiger partial charge in [0.2, 0.25) is 5.91 Å². The Kier molecular flexibility index (Phi) is 6.48. The molecule has 0 radical (unpaired) electrons. The summed E-state index contributed by atoms with van der Waals surface area (Å²) < 4.78 is 0. The number of rotatable bonds is 6. The zero-order valence-electron chi connectivity index (χ0n) is 19.5. The maximum Gasteiger partial charge on any atom is 0.256 e. The monoisotopic (exact) mass is 457 g/mol. The Morgan fingerprint density at radius 1 is 1.00 bits per heavy atom. The Morgan fingerprint density at radius 2 is 1.82 bits per heavy atom. The molecule has 2 aromatic rings. The van der Waals surface area contributed by atoms with Crippen LogP contribution >= 0.6 is 0 Å². The van der Waals surface area contributed by atoms with E-state index in [0.29, 0.717) is 36.3 Å². The van der Waals surface area contributed by atoms with Crippen molar-refractivity contribution in [2.45, 2.75) is 57.5 Å².